The number of rotatable bonds is 8. The zero-order chi connectivity index (χ0) is 39.4. The first kappa shape index (κ1) is 46.1. The van der Waals surface area contributed by atoms with Crippen LogP contribution in [0.25, 0.3) is 0 Å². The van der Waals surface area contributed by atoms with Gasteiger partial charge in [-0.2, -0.15) is 0 Å². The summed E-state index contributed by atoms with van der Waals surface area (Å²) in [5, 5.41) is 24.1. The Morgan fingerprint density at radius 1 is 0.887 bits per heavy atom. The van der Waals surface area contributed by atoms with E-state index in [1.807, 2.05) is 27.7 Å². The summed E-state index contributed by atoms with van der Waals surface area (Å²) in [6.45, 7) is 6.97. The van der Waals surface area contributed by atoms with Gasteiger partial charge >= 0.3 is 5.97 Å². The van der Waals surface area contributed by atoms with Crippen LogP contribution in [0.5, 0.6) is 0 Å². The second kappa shape index (κ2) is 27.7. The van der Waals surface area contributed by atoms with E-state index in [0.717, 1.165) is 35.9 Å². The van der Waals surface area contributed by atoms with Crippen LogP contribution in [0.4, 0.5) is 0 Å². The zero-order valence-corrected chi connectivity index (χ0v) is 31.9. The van der Waals surface area contributed by atoms with Gasteiger partial charge in [0, 0.05) is 37.0 Å². The van der Waals surface area contributed by atoms with Crippen molar-refractivity contribution >= 4 is 53.2 Å². The zero-order valence-electron chi connectivity index (χ0n) is 31.1. The van der Waals surface area contributed by atoms with E-state index in [0.29, 0.717) is 19.3 Å². The van der Waals surface area contributed by atoms with E-state index >= 15 is 0 Å². The van der Waals surface area contributed by atoms with Crippen LogP contribution < -0.4 is 31.9 Å². The Hall–Kier alpha value is -4.93. The Bertz CT molecular complexity index is 1410. The second-order valence-corrected chi connectivity index (χ2v) is 13.1. The van der Waals surface area contributed by atoms with Gasteiger partial charge in [0.25, 0.3) is 0 Å². The molecule has 1 aliphatic heterocycles. The molecule has 1 aromatic carbocycles. The molecule has 53 heavy (non-hydrogen) atoms. The van der Waals surface area contributed by atoms with Crippen molar-refractivity contribution in [2.75, 3.05) is 31.9 Å². The summed E-state index contributed by atoms with van der Waals surface area (Å²) in [5.74, 6) is -4.53. The molecule has 0 saturated carbocycles. The standard InChI is InChI=1S/C30H44N6O8S.C4H6N2.C2H6/c1-2-3-5-13-24(37)36-22-19-45-23(30(43)44)12-8-9-14-31-25(38)16-32-26(39)17-33-28(41)21(15-20-10-6-4-7-11-20)35-27(40)18-34-29(22)42;1-4-2-5-3-6-4;1-2/h4,6-7,10-11,21-23H,2-3,5,8-9,12-19H2,1H3,(H,31,38)(H,32,39)(H,33,41)(H,34,42)(H,35,40)(H,36,37)(H,43,44);2-3H,1H3,(H,5,6);1-2H3. The van der Waals surface area contributed by atoms with Crippen LogP contribution >= 0.6 is 11.8 Å². The van der Waals surface area contributed by atoms with Crippen molar-refractivity contribution in [3.05, 3.63) is 54.1 Å². The number of carboxylic acid groups (broad SMARTS) is 1. The fraction of sp³-hybridized carbons (Fsp3) is 0.556. The lowest BCUT2D eigenvalue weighted by Crippen LogP contribution is -2.54. The van der Waals surface area contributed by atoms with Crippen LogP contribution in [0.2, 0.25) is 0 Å². The minimum atomic E-state index is -1.10. The monoisotopic (exact) mass is 760 g/mol. The van der Waals surface area contributed by atoms with Gasteiger partial charge in [-0.05, 0) is 31.7 Å². The summed E-state index contributed by atoms with van der Waals surface area (Å²) in [4.78, 5) is 94.4. The first-order valence-corrected chi connectivity index (χ1v) is 19.0. The largest absolute Gasteiger partial charge is 0.480 e. The maximum Gasteiger partial charge on any atom is 0.316 e. The van der Waals surface area contributed by atoms with Crippen LogP contribution in [0.3, 0.4) is 0 Å². The fourth-order valence-electron chi connectivity index (χ4n) is 4.67. The number of amides is 6. The molecule has 294 valence electrons. The molecule has 1 fully saturated rings. The molecule has 1 aliphatic rings. The molecule has 1 saturated heterocycles. The molecule has 0 aliphatic carbocycles. The molecule has 17 heteroatoms. The fourth-order valence-corrected chi connectivity index (χ4v) is 5.81. The van der Waals surface area contributed by atoms with Crippen LogP contribution in [-0.4, -0.2) is 106 Å². The number of aromatic nitrogens is 2. The summed E-state index contributed by atoms with van der Waals surface area (Å²) >= 11 is 1.01. The van der Waals surface area contributed by atoms with Crippen LogP contribution in [0, 0.1) is 6.92 Å². The number of carboxylic acids is 1. The quantitative estimate of drug-likeness (QED) is 0.180. The highest BCUT2D eigenvalue weighted by Gasteiger charge is 2.27. The van der Waals surface area contributed by atoms with Crippen molar-refractivity contribution in [2.24, 2.45) is 0 Å². The SMILES string of the molecule is CC.CCCCCC(=O)NC1CSC(C(=O)O)CCCCNC(=O)CNC(=O)CNC(=O)C(Cc2ccccc2)NC(=O)CNC1=O.Cc1cnc[nH]1. The first-order chi connectivity index (χ1) is 25.5. The molecule has 0 spiro atoms. The van der Waals surface area contributed by atoms with E-state index in [-0.39, 0.29) is 44.0 Å². The number of aliphatic carboxylic acids is 1. The first-order valence-electron chi connectivity index (χ1n) is 18.0. The van der Waals surface area contributed by atoms with Gasteiger partial charge in [0.05, 0.1) is 26.0 Å². The highest BCUT2D eigenvalue weighted by Crippen LogP contribution is 2.19. The number of benzene rings is 1. The molecule has 16 nitrogen and oxygen atoms in total. The Labute approximate surface area is 315 Å². The van der Waals surface area contributed by atoms with Crippen LogP contribution in [-0.2, 0) is 40.0 Å². The van der Waals surface area contributed by atoms with E-state index < -0.39 is 65.9 Å². The van der Waals surface area contributed by atoms with Gasteiger partial charge in [0.2, 0.25) is 35.4 Å². The van der Waals surface area contributed by atoms with Gasteiger partial charge < -0.3 is 42.0 Å². The normalized spacial score (nSPS) is 19.6. The van der Waals surface area contributed by atoms with Gasteiger partial charge in [-0.1, -0.05) is 70.4 Å². The number of unbranched alkanes of at least 4 members (excludes halogenated alkanes) is 2. The average molecular weight is 761 g/mol. The number of aromatic amines is 1. The van der Waals surface area contributed by atoms with E-state index in [1.54, 1.807) is 42.9 Å². The lowest BCUT2D eigenvalue weighted by atomic mass is 10.1. The van der Waals surface area contributed by atoms with E-state index in [1.165, 1.54) is 0 Å². The second-order valence-electron chi connectivity index (χ2n) is 11.8. The molecule has 3 rings (SSSR count). The van der Waals surface area contributed by atoms with Crippen molar-refractivity contribution < 1.29 is 38.7 Å². The number of hydrogen-bond donors (Lipinski definition) is 8. The molecule has 0 bridgehead atoms. The summed E-state index contributed by atoms with van der Waals surface area (Å²) in [6, 6.07) is 6.69. The summed E-state index contributed by atoms with van der Waals surface area (Å²) < 4.78 is 0. The molecule has 3 atom stereocenters. The maximum absolute atomic E-state index is 13.1. The van der Waals surface area contributed by atoms with Crippen LogP contribution in [0.15, 0.2) is 42.9 Å². The number of thioether (sulfide) groups is 1. The number of nitrogens with one attached hydrogen (secondary N) is 7. The number of carbonyl (C=O) groups is 7. The number of carbonyl (C=O) groups excluding carboxylic acids is 6. The molecule has 3 unspecified atom stereocenters. The third kappa shape index (κ3) is 21.3. The summed E-state index contributed by atoms with van der Waals surface area (Å²) in [7, 11) is 0. The van der Waals surface area contributed by atoms with E-state index in [2.05, 4.69) is 41.9 Å². The van der Waals surface area contributed by atoms with E-state index in [4.69, 9.17) is 0 Å². The lowest BCUT2D eigenvalue weighted by molar-refractivity contribution is -0.136. The van der Waals surface area contributed by atoms with Crippen molar-refractivity contribution in [1.29, 1.82) is 0 Å². The smallest absolute Gasteiger partial charge is 0.316 e. The molecule has 2 heterocycles. The van der Waals surface area contributed by atoms with Crippen molar-refractivity contribution in [2.45, 2.75) is 96.4 Å². The van der Waals surface area contributed by atoms with Gasteiger partial charge in [0.1, 0.15) is 17.3 Å². The summed E-state index contributed by atoms with van der Waals surface area (Å²) in [5.41, 5.74) is 1.84. The third-order valence-corrected chi connectivity index (χ3v) is 8.84. The van der Waals surface area contributed by atoms with Crippen molar-refractivity contribution in [1.82, 2.24) is 41.9 Å². The Balaban J connectivity index is 0.00000156. The van der Waals surface area contributed by atoms with E-state index in [9.17, 15) is 38.7 Å². The van der Waals surface area contributed by atoms with Gasteiger partial charge in [-0.3, -0.25) is 33.6 Å². The highest BCUT2D eigenvalue weighted by atomic mass is 32.2. The molecule has 2 aromatic rings. The molecular formula is C36H56N8O8S. The van der Waals surface area contributed by atoms with Gasteiger partial charge in [0.15, 0.2) is 0 Å². The number of nitrogens with zero attached hydrogens (tertiary/aromatic N) is 1. The highest BCUT2D eigenvalue weighted by molar-refractivity contribution is 8.00. The minimum absolute atomic E-state index is 0.0423. The predicted molar refractivity (Wildman–Crippen MR) is 203 cm³/mol. The molecular weight excluding hydrogens is 705 g/mol. The van der Waals surface area contributed by atoms with Crippen molar-refractivity contribution in [3.8, 4) is 0 Å². The number of hydrogen-bond acceptors (Lipinski definition) is 9. The number of H-pyrrole nitrogens is 1. The molecule has 0 radical (unpaired) electrons. The number of aryl methyl sites for hydroxylation is 1. The minimum Gasteiger partial charge on any atom is -0.480 e. The third-order valence-electron chi connectivity index (χ3n) is 7.48. The predicted octanol–water partition coefficient (Wildman–Crippen LogP) is 1.36. The maximum atomic E-state index is 13.1. The average Bonchev–Trinajstić information content (AvgIpc) is 3.64. The molecule has 6 amide bonds. The Morgan fingerprint density at radius 3 is 2.17 bits per heavy atom. The van der Waals surface area contributed by atoms with Gasteiger partial charge in [-0.25, -0.2) is 4.98 Å². The number of imidazole rings is 1. The summed E-state index contributed by atoms with van der Waals surface area (Å²) in [6.07, 6.45) is 7.32. The Morgan fingerprint density at radius 2 is 1.55 bits per heavy atom. The molecule has 1 aromatic heterocycles. The van der Waals surface area contributed by atoms with Gasteiger partial charge in [-0.15, -0.1) is 11.8 Å². The molecule has 8 N–H and O–H groups in total. The topological polar surface area (TPSA) is 241 Å². The Kier molecular flexibility index (Phi) is 24.1. The van der Waals surface area contributed by atoms with Crippen LogP contribution in [0.1, 0.15) is 77.0 Å². The van der Waals surface area contributed by atoms with Crippen molar-refractivity contribution in [3.63, 3.8) is 0 Å². The lowest BCUT2D eigenvalue weighted by Gasteiger charge is -2.21.